The highest BCUT2D eigenvalue weighted by atomic mass is 127. The quantitative estimate of drug-likeness (QED) is 0.711. The van der Waals surface area contributed by atoms with Crippen molar-refractivity contribution in [2.75, 3.05) is 4.72 Å². The second-order valence-electron chi connectivity index (χ2n) is 3.68. The van der Waals surface area contributed by atoms with Gasteiger partial charge >= 0.3 is 0 Å². The van der Waals surface area contributed by atoms with E-state index in [1.54, 1.807) is 18.2 Å². The van der Waals surface area contributed by atoms with E-state index < -0.39 is 10.0 Å². The summed E-state index contributed by atoms with van der Waals surface area (Å²) in [5.41, 5.74) is 6.65. The van der Waals surface area contributed by atoms with Crippen LogP contribution in [0.1, 0.15) is 5.69 Å². The number of hydrogen-bond donors (Lipinski definition) is 3. The Morgan fingerprint density at radius 2 is 2.11 bits per heavy atom. The van der Waals surface area contributed by atoms with Crippen LogP contribution in [0.5, 0.6) is 0 Å². The van der Waals surface area contributed by atoms with Crippen molar-refractivity contribution in [2.45, 2.75) is 11.4 Å². The largest absolute Gasteiger partial charge is 0.363 e. The summed E-state index contributed by atoms with van der Waals surface area (Å²) < 4.78 is 27.6. The highest BCUT2D eigenvalue weighted by Crippen LogP contribution is 2.18. The van der Waals surface area contributed by atoms with Crippen LogP contribution in [0, 0.1) is 3.57 Å². The molecule has 0 unspecified atom stereocenters. The van der Waals surface area contributed by atoms with Crippen molar-refractivity contribution < 1.29 is 8.42 Å². The minimum absolute atomic E-state index is 0.182. The van der Waals surface area contributed by atoms with Crippen LogP contribution in [0.25, 0.3) is 0 Å². The van der Waals surface area contributed by atoms with E-state index in [1.165, 1.54) is 12.3 Å². The second kappa shape index (κ2) is 5.29. The van der Waals surface area contributed by atoms with Gasteiger partial charge in [0.25, 0.3) is 10.0 Å². The van der Waals surface area contributed by atoms with Crippen molar-refractivity contribution in [3.8, 4) is 0 Å². The summed E-state index contributed by atoms with van der Waals surface area (Å²) in [7, 11) is -3.56. The molecule has 0 fully saturated rings. The van der Waals surface area contributed by atoms with E-state index in [9.17, 15) is 8.42 Å². The summed E-state index contributed by atoms with van der Waals surface area (Å²) in [6.07, 6.45) is 1.43. The summed E-state index contributed by atoms with van der Waals surface area (Å²) in [5, 5.41) is 0. The van der Waals surface area contributed by atoms with Gasteiger partial charge in [-0.25, -0.2) is 8.42 Å². The minimum Gasteiger partial charge on any atom is -0.363 e. The number of nitrogens with two attached hydrogens (primary N) is 1. The van der Waals surface area contributed by atoms with Crippen molar-refractivity contribution in [3.63, 3.8) is 0 Å². The number of anilines is 1. The smallest absolute Gasteiger partial charge is 0.263 e. The predicted octanol–water partition coefficient (Wildman–Crippen LogP) is 1.88. The van der Waals surface area contributed by atoms with Crippen LogP contribution in [0.3, 0.4) is 0 Å². The molecule has 0 spiro atoms. The lowest BCUT2D eigenvalue weighted by Crippen LogP contribution is -2.12. The topological polar surface area (TPSA) is 88.0 Å². The van der Waals surface area contributed by atoms with Crippen LogP contribution in [0.4, 0.5) is 5.69 Å². The Kier molecular flexibility index (Phi) is 3.93. The molecule has 1 aromatic heterocycles. The van der Waals surface area contributed by atoms with Crippen molar-refractivity contribution in [3.05, 3.63) is 45.8 Å². The van der Waals surface area contributed by atoms with Crippen LogP contribution < -0.4 is 10.5 Å². The van der Waals surface area contributed by atoms with Gasteiger partial charge in [0.1, 0.15) is 4.90 Å². The number of H-pyrrole nitrogens is 1. The van der Waals surface area contributed by atoms with Gasteiger partial charge in [0.15, 0.2) is 0 Å². The lowest BCUT2D eigenvalue weighted by molar-refractivity contribution is 0.601. The van der Waals surface area contributed by atoms with Gasteiger partial charge in [0, 0.05) is 27.7 Å². The molecule has 0 saturated heterocycles. The van der Waals surface area contributed by atoms with Gasteiger partial charge in [-0.1, -0.05) is 6.07 Å². The molecule has 7 heteroatoms. The molecule has 0 bridgehead atoms. The fraction of sp³-hybridized carbons (Fsp3) is 0.0909. The van der Waals surface area contributed by atoms with E-state index in [2.05, 4.69) is 32.3 Å². The van der Waals surface area contributed by atoms with Crippen molar-refractivity contribution in [2.24, 2.45) is 5.73 Å². The van der Waals surface area contributed by atoms with Crippen molar-refractivity contribution >= 4 is 38.3 Å². The van der Waals surface area contributed by atoms with E-state index >= 15 is 0 Å². The van der Waals surface area contributed by atoms with Crippen LogP contribution >= 0.6 is 22.6 Å². The third-order valence-electron chi connectivity index (χ3n) is 2.32. The Morgan fingerprint density at radius 3 is 2.72 bits per heavy atom. The average molecular weight is 377 g/mol. The van der Waals surface area contributed by atoms with Gasteiger partial charge < -0.3 is 10.7 Å². The number of aromatic nitrogens is 1. The lowest BCUT2D eigenvalue weighted by Gasteiger charge is -2.06. The summed E-state index contributed by atoms with van der Waals surface area (Å²) >= 11 is 2.12. The first-order valence-corrected chi connectivity index (χ1v) is 7.73. The zero-order valence-electron chi connectivity index (χ0n) is 9.35. The molecule has 0 saturated carbocycles. The first-order valence-electron chi connectivity index (χ1n) is 5.17. The van der Waals surface area contributed by atoms with Crippen LogP contribution in [-0.2, 0) is 16.6 Å². The molecule has 18 heavy (non-hydrogen) atoms. The molecule has 0 aliphatic rings. The molecule has 1 aromatic carbocycles. The molecule has 4 N–H and O–H groups in total. The Hall–Kier alpha value is -1.06. The van der Waals surface area contributed by atoms with Crippen LogP contribution in [-0.4, -0.2) is 13.4 Å². The van der Waals surface area contributed by atoms with Crippen LogP contribution in [0.15, 0.2) is 41.4 Å². The zero-order valence-corrected chi connectivity index (χ0v) is 12.3. The summed E-state index contributed by atoms with van der Waals surface area (Å²) in [6, 6.07) is 8.67. The van der Waals surface area contributed by atoms with E-state index in [0.29, 0.717) is 11.4 Å². The van der Waals surface area contributed by atoms with Gasteiger partial charge in [0.05, 0.1) is 0 Å². The van der Waals surface area contributed by atoms with E-state index in [1.807, 2.05) is 6.07 Å². The van der Waals surface area contributed by atoms with Gasteiger partial charge in [-0.05, 0) is 46.9 Å². The fourth-order valence-electron chi connectivity index (χ4n) is 1.46. The molecule has 2 aromatic rings. The summed E-state index contributed by atoms with van der Waals surface area (Å²) in [5.74, 6) is 0. The molecular weight excluding hydrogens is 365 g/mol. The second-order valence-corrected chi connectivity index (χ2v) is 6.61. The van der Waals surface area contributed by atoms with Crippen LogP contribution in [0.2, 0.25) is 0 Å². The Labute approximate surface area is 119 Å². The first-order chi connectivity index (χ1) is 8.51. The maximum Gasteiger partial charge on any atom is 0.263 e. The molecule has 0 amide bonds. The lowest BCUT2D eigenvalue weighted by atomic mass is 10.3. The molecule has 0 atom stereocenters. The fourth-order valence-corrected chi connectivity index (χ4v) is 3.07. The number of rotatable bonds is 4. The Balaban J connectivity index is 2.27. The molecule has 2 rings (SSSR count). The predicted molar refractivity (Wildman–Crippen MR) is 78.7 cm³/mol. The number of benzene rings is 1. The Morgan fingerprint density at radius 1 is 1.33 bits per heavy atom. The molecular formula is C11H12IN3O2S. The van der Waals surface area contributed by atoms with Gasteiger partial charge in [-0.15, -0.1) is 0 Å². The maximum absolute atomic E-state index is 12.1. The zero-order chi connectivity index (χ0) is 13.2. The third-order valence-corrected chi connectivity index (χ3v) is 4.36. The van der Waals surface area contributed by atoms with E-state index in [-0.39, 0.29) is 11.4 Å². The SMILES string of the molecule is NCc1cc(S(=O)(=O)Nc2cccc(I)c2)c[nH]1. The highest BCUT2D eigenvalue weighted by molar-refractivity contribution is 14.1. The first kappa shape index (κ1) is 13.4. The number of aromatic amines is 1. The molecule has 96 valence electrons. The van der Waals surface area contributed by atoms with Gasteiger partial charge in [-0.3, -0.25) is 4.72 Å². The monoisotopic (exact) mass is 377 g/mol. The van der Waals surface area contributed by atoms with E-state index in [0.717, 1.165) is 3.57 Å². The molecule has 0 aliphatic carbocycles. The average Bonchev–Trinajstić information content (AvgIpc) is 2.77. The summed E-state index contributed by atoms with van der Waals surface area (Å²) in [4.78, 5) is 3.00. The van der Waals surface area contributed by atoms with E-state index in [4.69, 9.17) is 5.73 Å². The number of hydrogen-bond acceptors (Lipinski definition) is 3. The summed E-state index contributed by atoms with van der Waals surface area (Å²) in [6.45, 7) is 0.277. The molecule has 0 aliphatic heterocycles. The molecule has 0 radical (unpaired) electrons. The van der Waals surface area contributed by atoms with Gasteiger partial charge in [0.2, 0.25) is 0 Å². The third kappa shape index (κ3) is 3.03. The number of nitrogens with one attached hydrogen (secondary N) is 2. The standard InChI is InChI=1S/C11H12IN3O2S/c12-8-2-1-3-9(4-8)15-18(16,17)11-5-10(6-13)14-7-11/h1-5,7,14-15H,6,13H2. The van der Waals surface area contributed by atoms with Crippen molar-refractivity contribution in [1.29, 1.82) is 0 Å². The number of sulfonamides is 1. The van der Waals surface area contributed by atoms with Crippen molar-refractivity contribution in [1.82, 2.24) is 4.98 Å². The maximum atomic E-state index is 12.1. The highest BCUT2D eigenvalue weighted by Gasteiger charge is 2.15. The van der Waals surface area contributed by atoms with Gasteiger partial charge in [-0.2, -0.15) is 0 Å². The molecule has 5 nitrogen and oxygen atoms in total. The Bertz CT molecular complexity index is 652. The minimum atomic E-state index is -3.56. The normalized spacial score (nSPS) is 11.4. The number of halogens is 1. The molecule has 1 heterocycles.